The molecule has 0 saturated carbocycles. The Hall–Kier alpha value is -2.62. The van der Waals surface area contributed by atoms with E-state index in [9.17, 15) is 9.18 Å². The van der Waals surface area contributed by atoms with Crippen LogP contribution < -0.4 is 10.2 Å². The molecule has 10 heteroatoms. The molecule has 1 aliphatic rings. The van der Waals surface area contributed by atoms with Gasteiger partial charge in [0.2, 0.25) is 11.8 Å². The number of halogens is 2. The fourth-order valence-electron chi connectivity index (χ4n) is 3.01. The summed E-state index contributed by atoms with van der Waals surface area (Å²) in [6, 6.07) is 11.3. The highest BCUT2D eigenvalue weighted by atomic mass is 35.5. The Balaban J connectivity index is 1.39. The second-order valence-corrected chi connectivity index (χ2v) is 7.84. The van der Waals surface area contributed by atoms with E-state index in [1.165, 1.54) is 12.1 Å². The van der Waals surface area contributed by atoms with Crippen molar-refractivity contribution in [2.24, 2.45) is 0 Å². The molecule has 0 bridgehead atoms. The lowest BCUT2D eigenvalue weighted by Crippen LogP contribution is -2.36. The summed E-state index contributed by atoms with van der Waals surface area (Å²) in [6.45, 7) is 2.75. The largest absolute Gasteiger partial charge is 0.411 e. The minimum absolute atomic E-state index is 0.0693. The van der Waals surface area contributed by atoms with Crippen LogP contribution >= 0.6 is 23.4 Å². The van der Waals surface area contributed by atoms with Crippen LogP contribution in [0.2, 0.25) is 5.02 Å². The van der Waals surface area contributed by atoms with Gasteiger partial charge in [0.15, 0.2) is 0 Å². The molecule has 0 spiro atoms. The van der Waals surface area contributed by atoms with Crippen molar-refractivity contribution in [2.45, 2.75) is 5.22 Å². The third-order valence-electron chi connectivity index (χ3n) is 4.39. The summed E-state index contributed by atoms with van der Waals surface area (Å²) in [7, 11) is 0. The fourth-order valence-corrected chi connectivity index (χ4v) is 3.74. The lowest BCUT2D eigenvalue weighted by Gasteiger charge is -2.30. The summed E-state index contributed by atoms with van der Waals surface area (Å²) < 4.78 is 24.3. The molecule has 2 aromatic carbocycles. The van der Waals surface area contributed by atoms with Crippen LogP contribution in [-0.4, -0.2) is 48.2 Å². The number of aromatic nitrogens is 2. The number of amides is 1. The van der Waals surface area contributed by atoms with E-state index in [1.54, 1.807) is 24.3 Å². The molecule has 7 nitrogen and oxygen atoms in total. The number of thioether (sulfide) groups is 1. The number of carbonyl (C=O) groups excluding carboxylic acids is 1. The summed E-state index contributed by atoms with van der Waals surface area (Å²) in [6.07, 6.45) is 0. The maximum Gasteiger partial charge on any atom is 0.277 e. The van der Waals surface area contributed by atoms with E-state index in [4.69, 9.17) is 20.8 Å². The van der Waals surface area contributed by atoms with Crippen LogP contribution in [0.3, 0.4) is 0 Å². The Bertz CT molecular complexity index is 1040. The van der Waals surface area contributed by atoms with Gasteiger partial charge in [0.1, 0.15) is 5.82 Å². The first-order valence-electron chi connectivity index (χ1n) is 9.23. The highest BCUT2D eigenvalue weighted by Gasteiger charge is 2.17. The quantitative estimate of drug-likeness (QED) is 0.568. The second kappa shape index (κ2) is 9.46. The van der Waals surface area contributed by atoms with Gasteiger partial charge >= 0.3 is 0 Å². The molecule has 0 unspecified atom stereocenters. The van der Waals surface area contributed by atoms with Crippen molar-refractivity contribution < 1.29 is 18.3 Å². The number of nitrogens with one attached hydrogen (secondary N) is 1. The molecule has 1 fully saturated rings. The molecule has 30 heavy (non-hydrogen) atoms. The summed E-state index contributed by atoms with van der Waals surface area (Å²) in [5.74, 6) is -0.360. The molecule has 4 rings (SSSR count). The number of benzene rings is 2. The molecule has 1 amide bonds. The molecular formula is C20H18ClFN4O3S. The number of hydrogen-bond acceptors (Lipinski definition) is 7. The zero-order valence-corrected chi connectivity index (χ0v) is 17.4. The Morgan fingerprint density at radius 1 is 1.20 bits per heavy atom. The number of carbonyl (C=O) groups is 1. The highest BCUT2D eigenvalue weighted by Crippen LogP contribution is 2.30. The minimum atomic E-state index is -0.392. The Kier molecular flexibility index (Phi) is 6.51. The number of hydrogen-bond donors (Lipinski definition) is 1. The van der Waals surface area contributed by atoms with E-state index < -0.39 is 5.82 Å². The average Bonchev–Trinajstić information content (AvgIpc) is 3.22. The topological polar surface area (TPSA) is 80.5 Å². The van der Waals surface area contributed by atoms with Crippen molar-refractivity contribution in [3.63, 3.8) is 0 Å². The van der Waals surface area contributed by atoms with E-state index in [2.05, 4.69) is 20.4 Å². The van der Waals surface area contributed by atoms with Crippen LogP contribution in [0.1, 0.15) is 0 Å². The Morgan fingerprint density at radius 3 is 2.83 bits per heavy atom. The smallest absolute Gasteiger partial charge is 0.277 e. The van der Waals surface area contributed by atoms with Crippen LogP contribution in [0.25, 0.3) is 11.5 Å². The third-order valence-corrected chi connectivity index (χ3v) is 5.44. The van der Waals surface area contributed by atoms with Crippen molar-refractivity contribution in [1.29, 1.82) is 0 Å². The van der Waals surface area contributed by atoms with Crippen LogP contribution in [-0.2, 0) is 9.53 Å². The summed E-state index contributed by atoms with van der Waals surface area (Å²) in [4.78, 5) is 14.6. The number of morpholine rings is 1. The number of nitrogens with zero attached hydrogens (tertiary/aromatic N) is 3. The Labute approximate surface area is 181 Å². The second-order valence-electron chi connectivity index (χ2n) is 6.48. The standard InChI is InChI=1S/C20H18ClFN4O3S/c21-14-4-5-17(26-6-8-28-9-7-26)16(11-14)23-18(27)12-30-20-25-24-19(29-20)13-2-1-3-15(22)10-13/h1-5,10-11H,6-9,12H2,(H,23,27). The Morgan fingerprint density at radius 2 is 2.03 bits per heavy atom. The van der Waals surface area contributed by atoms with Gasteiger partial charge in [-0.3, -0.25) is 4.79 Å². The van der Waals surface area contributed by atoms with E-state index in [0.29, 0.717) is 29.5 Å². The van der Waals surface area contributed by atoms with Crippen LogP contribution in [0.4, 0.5) is 15.8 Å². The van der Waals surface area contributed by atoms with Gasteiger partial charge in [0.05, 0.1) is 30.3 Å². The average molecular weight is 449 g/mol. The van der Waals surface area contributed by atoms with Gasteiger partial charge in [-0.15, -0.1) is 10.2 Å². The predicted octanol–water partition coefficient (Wildman–Crippen LogP) is 4.10. The van der Waals surface area contributed by atoms with E-state index in [0.717, 1.165) is 30.5 Å². The lowest BCUT2D eigenvalue weighted by molar-refractivity contribution is -0.113. The van der Waals surface area contributed by atoms with Gasteiger partial charge in [0.25, 0.3) is 5.22 Å². The highest BCUT2D eigenvalue weighted by molar-refractivity contribution is 7.99. The first kappa shape index (κ1) is 20.6. The lowest BCUT2D eigenvalue weighted by atomic mass is 10.2. The SMILES string of the molecule is O=C(CSc1nnc(-c2cccc(F)c2)o1)Nc1cc(Cl)ccc1N1CCOCC1. The van der Waals surface area contributed by atoms with Crippen molar-refractivity contribution in [1.82, 2.24) is 10.2 Å². The first-order chi connectivity index (χ1) is 14.6. The van der Waals surface area contributed by atoms with Crippen LogP contribution in [0, 0.1) is 5.82 Å². The van der Waals surface area contributed by atoms with Crippen LogP contribution in [0.15, 0.2) is 52.1 Å². The van der Waals surface area contributed by atoms with Crippen molar-refractivity contribution >= 4 is 40.6 Å². The first-order valence-corrected chi connectivity index (χ1v) is 10.6. The molecule has 1 N–H and O–H groups in total. The van der Waals surface area contributed by atoms with Gasteiger partial charge in [0, 0.05) is 23.7 Å². The molecule has 1 saturated heterocycles. The molecular weight excluding hydrogens is 431 g/mol. The monoisotopic (exact) mass is 448 g/mol. The molecule has 0 atom stereocenters. The van der Waals surface area contributed by atoms with Crippen molar-refractivity contribution in [3.05, 3.63) is 53.3 Å². The molecule has 3 aromatic rings. The molecule has 0 aliphatic carbocycles. The zero-order chi connectivity index (χ0) is 20.9. The predicted molar refractivity (Wildman–Crippen MR) is 114 cm³/mol. The van der Waals surface area contributed by atoms with Crippen molar-refractivity contribution in [2.75, 3.05) is 42.3 Å². The summed E-state index contributed by atoms with van der Waals surface area (Å²) in [5, 5.41) is 11.5. The molecule has 156 valence electrons. The summed E-state index contributed by atoms with van der Waals surface area (Å²) in [5.41, 5.74) is 2.01. The van der Waals surface area contributed by atoms with Crippen LogP contribution in [0.5, 0.6) is 0 Å². The van der Waals surface area contributed by atoms with E-state index in [1.807, 2.05) is 6.07 Å². The molecule has 2 heterocycles. The fraction of sp³-hybridized carbons (Fsp3) is 0.250. The van der Waals surface area contributed by atoms with Gasteiger partial charge < -0.3 is 19.4 Å². The molecule has 1 aliphatic heterocycles. The molecule has 0 radical (unpaired) electrons. The number of anilines is 2. The maximum atomic E-state index is 13.3. The van der Waals surface area contributed by atoms with Crippen molar-refractivity contribution in [3.8, 4) is 11.5 Å². The minimum Gasteiger partial charge on any atom is -0.411 e. The molecule has 1 aromatic heterocycles. The van der Waals surface area contributed by atoms with Gasteiger partial charge in [-0.2, -0.15) is 0 Å². The van der Waals surface area contributed by atoms with Gasteiger partial charge in [-0.25, -0.2) is 4.39 Å². The third kappa shape index (κ3) is 5.10. The van der Waals surface area contributed by atoms with Gasteiger partial charge in [-0.05, 0) is 36.4 Å². The summed E-state index contributed by atoms with van der Waals surface area (Å²) >= 11 is 7.23. The van der Waals surface area contributed by atoms with E-state index in [-0.39, 0.29) is 22.8 Å². The number of ether oxygens (including phenoxy) is 1. The maximum absolute atomic E-state index is 13.3. The van der Waals surface area contributed by atoms with E-state index >= 15 is 0 Å². The number of rotatable bonds is 6. The van der Waals surface area contributed by atoms with Gasteiger partial charge in [-0.1, -0.05) is 29.4 Å². The normalized spacial score (nSPS) is 14.0. The zero-order valence-electron chi connectivity index (χ0n) is 15.8.